The van der Waals surface area contributed by atoms with Crippen molar-refractivity contribution < 1.29 is 18.0 Å². The van der Waals surface area contributed by atoms with Gasteiger partial charge in [0.1, 0.15) is 5.82 Å². The third-order valence-corrected chi connectivity index (χ3v) is 7.87. The van der Waals surface area contributed by atoms with E-state index in [9.17, 15) is 18.0 Å². The monoisotopic (exact) mass is 492 g/mol. The van der Waals surface area contributed by atoms with Crippen LogP contribution >= 0.6 is 11.3 Å². The van der Waals surface area contributed by atoms with E-state index >= 15 is 0 Å². The van der Waals surface area contributed by atoms with Crippen LogP contribution in [0, 0.1) is 19.8 Å². The predicted molar refractivity (Wildman–Crippen MR) is 128 cm³/mol. The van der Waals surface area contributed by atoms with Gasteiger partial charge in [-0.1, -0.05) is 0 Å². The van der Waals surface area contributed by atoms with Gasteiger partial charge in [-0.25, -0.2) is 19.7 Å². The average molecular weight is 493 g/mol. The second-order valence-corrected chi connectivity index (χ2v) is 10.3. The number of nitrogens with one attached hydrogen (secondary N) is 1. The van der Waals surface area contributed by atoms with Gasteiger partial charge in [0.15, 0.2) is 10.9 Å². The van der Waals surface area contributed by atoms with Crippen LogP contribution < -0.4 is 20.0 Å². The maximum Gasteiger partial charge on any atom is 0.393 e. The summed E-state index contributed by atoms with van der Waals surface area (Å²) in [7, 11) is 0. The minimum Gasteiger partial charge on any atom is -0.356 e. The number of rotatable bonds is 2. The molecule has 1 fully saturated rings. The molecule has 2 amide bonds. The molecule has 34 heavy (non-hydrogen) atoms. The number of aromatic nitrogens is 2. The molecule has 1 atom stereocenters. The number of anilines is 4. The van der Waals surface area contributed by atoms with Gasteiger partial charge in [-0.3, -0.25) is 5.32 Å². The summed E-state index contributed by atoms with van der Waals surface area (Å²) in [6, 6.07) is 3.29. The SMILES string of the molecule is CC1=C2CCCN1c1ccc(N3CCCC(C(F)(F)F)C3)nc1N2C(=O)Nc1nc(C)c(C)s1. The van der Waals surface area contributed by atoms with Crippen LogP contribution in [0.25, 0.3) is 0 Å². The van der Waals surface area contributed by atoms with Crippen LogP contribution in [-0.4, -0.2) is 41.8 Å². The van der Waals surface area contributed by atoms with Crippen LogP contribution in [-0.2, 0) is 0 Å². The number of allylic oxidation sites excluding steroid dienone is 2. The summed E-state index contributed by atoms with van der Waals surface area (Å²) in [6.07, 6.45) is -2.03. The summed E-state index contributed by atoms with van der Waals surface area (Å²) >= 11 is 1.41. The number of amides is 2. The lowest BCUT2D eigenvalue weighted by molar-refractivity contribution is -0.176. The van der Waals surface area contributed by atoms with Gasteiger partial charge >= 0.3 is 12.2 Å². The molecule has 3 aliphatic rings. The Balaban J connectivity index is 1.51. The third-order valence-electron chi connectivity index (χ3n) is 6.88. The average Bonchev–Trinajstić information content (AvgIpc) is 3.10. The summed E-state index contributed by atoms with van der Waals surface area (Å²) in [6.45, 7) is 7.03. The maximum atomic E-state index is 13.5. The molecule has 0 aliphatic carbocycles. The fraction of sp³-hybridized carbons (Fsp3) is 0.522. The second kappa shape index (κ2) is 8.44. The van der Waals surface area contributed by atoms with Gasteiger partial charge in [-0.2, -0.15) is 13.2 Å². The molecule has 2 bridgehead atoms. The normalized spacial score (nSPS) is 20.5. The number of nitrogens with zero attached hydrogens (tertiary/aromatic N) is 5. The lowest BCUT2D eigenvalue weighted by Gasteiger charge is -2.43. The molecular weight excluding hydrogens is 465 g/mol. The largest absolute Gasteiger partial charge is 0.393 e. The number of piperidine rings is 1. The van der Waals surface area contributed by atoms with Gasteiger partial charge in [-0.05, 0) is 58.6 Å². The first-order valence-corrected chi connectivity index (χ1v) is 12.3. The molecule has 0 aromatic carbocycles. The van der Waals surface area contributed by atoms with Crippen molar-refractivity contribution in [1.29, 1.82) is 0 Å². The fourth-order valence-electron chi connectivity index (χ4n) is 4.94. The maximum absolute atomic E-state index is 13.5. The number of hydrogen-bond acceptors (Lipinski definition) is 6. The van der Waals surface area contributed by atoms with Crippen molar-refractivity contribution in [2.24, 2.45) is 5.92 Å². The summed E-state index contributed by atoms with van der Waals surface area (Å²) in [4.78, 5) is 29.1. The van der Waals surface area contributed by atoms with Crippen LogP contribution in [0.5, 0.6) is 0 Å². The van der Waals surface area contributed by atoms with E-state index in [1.807, 2.05) is 26.8 Å². The minimum absolute atomic E-state index is 0.120. The number of alkyl halides is 3. The molecule has 1 saturated heterocycles. The molecule has 182 valence electrons. The zero-order valence-electron chi connectivity index (χ0n) is 19.4. The quantitative estimate of drug-likeness (QED) is 0.573. The van der Waals surface area contributed by atoms with Crippen molar-refractivity contribution in [3.63, 3.8) is 0 Å². The third kappa shape index (κ3) is 3.99. The van der Waals surface area contributed by atoms with Crippen LogP contribution in [0.3, 0.4) is 0 Å². The second-order valence-electron chi connectivity index (χ2n) is 9.05. The molecule has 11 heteroatoms. The number of pyridine rings is 1. The highest BCUT2D eigenvalue weighted by Gasteiger charge is 2.42. The smallest absolute Gasteiger partial charge is 0.356 e. The summed E-state index contributed by atoms with van der Waals surface area (Å²) < 4.78 is 40.1. The first kappa shape index (κ1) is 22.9. The molecular formula is C23H27F3N6OS. The Bertz CT molecular complexity index is 1140. The van der Waals surface area contributed by atoms with Crippen molar-refractivity contribution in [3.05, 3.63) is 34.1 Å². The summed E-state index contributed by atoms with van der Waals surface area (Å²) in [5, 5.41) is 3.42. The van der Waals surface area contributed by atoms with Crippen molar-refractivity contribution in [1.82, 2.24) is 9.97 Å². The van der Waals surface area contributed by atoms with Gasteiger partial charge in [-0.15, -0.1) is 11.3 Å². The lowest BCUT2D eigenvalue weighted by Crippen LogP contribution is -2.45. The molecule has 1 unspecified atom stereocenters. The Labute approximate surface area is 200 Å². The Morgan fingerprint density at radius 3 is 2.65 bits per heavy atom. The molecule has 0 saturated carbocycles. The highest BCUT2D eigenvalue weighted by Crippen LogP contribution is 2.44. The lowest BCUT2D eigenvalue weighted by atomic mass is 9.97. The first-order chi connectivity index (χ1) is 16.1. The van der Waals surface area contributed by atoms with Crippen LogP contribution in [0.1, 0.15) is 43.2 Å². The molecule has 2 aromatic heterocycles. The van der Waals surface area contributed by atoms with E-state index in [4.69, 9.17) is 4.98 Å². The summed E-state index contributed by atoms with van der Waals surface area (Å²) in [5.41, 5.74) is 3.50. The number of urea groups is 1. The highest BCUT2D eigenvalue weighted by molar-refractivity contribution is 7.15. The van der Waals surface area contributed by atoms with E-state index < -0.39 is 12.1 Å². The van der Waals surface area contributed by atoms with Crippen molar-refractivity contribution in [2.75, 3.05) is 39.7 Å². The van der Waals surface area contributed by atoms with E-state index in [0.29, 0.717) is 29.7 Å². The van der Waals surface area contributed by atoms with E-state index in [-0.39, 0.29) is 19.0 Å². The Kier molecular flexibility index (Phi) is 5.70. The van der Waals surface area contributed by atoms with E-state index in [0.717, 1.165) is 47.0 Å². The van der Waals surface area contributed by atoms with Crippen molar-refractivity contribution >= 4 is 39.8 Å². The number of aryl methyl sites for hydroxylation is 2. The minimum atomic E-state index is -4.23. The number of thiazole rings is 1. The molecule has 5 heterocycles. The number of carbonyl (C=O) groups excluding carboxylic acids is 1. The Morgan fingerprint density at radius 1 is 1.15 bits per heavy atom. The van der Waals surface area contributed by atoms with Crippen molar-refractivity contribution in [3.8, 4) is 0 Å². The van der Waals surface area contributed by atoms with E-state index in [2.05, 4.69) is 15.2 Å². The van der Waals surface area contributed by atoms with E-state index in [1.54, 1.807) is 15.9 Å². The molecule has 7 nitrogen and oxygen atoms in total. The van der Waals surface area contributed by atoms with Gasteiger partial charge < -0.3 is 9.80 Å². The predicted octanol–water partition coefficient (Wildman–Crippen LogP) is 5.82. The summed E-state index contributed by atoms with van der Waals surface area (Å²) in [5.74, 6) is -0.455. The molecule has 2 aromatic rings. The van der Waals surface area contributed by atoms with Gasteiger partial charge in [0.05, 0.1) is 17.3 Å². The molecule has 0 spiro atoms. The molecule has 5 rings (SSSR count). The fourth-order valence-corrected chi connectivity index (χ4v) is 5.74. The Morgan fingerprint density at radius 2 is 1.94 bits per heavy atom. The van der Waals surface area contributed by atoms with Crippen LogP contribution in [0.4, 0.5) is 40.4 Å². The van der Waals surface area contributed by atoms with Gasteiger partial charge in [0.2, 0.25) is 0 Å². The highest BCUT2D eigenvalue weighted by atomic mass is 32.1. The topological polar surface area (TPSA) is 64.6 Å². The zero-order chi connectivity index (χ0) is 24.2. The van der Waals surface area contributed by atoms with Crippen LogP contribution in [0.2, 0.25) is 0 Å². The van der Waals surface area contributed by atoms with E-state index in [1.165, 1.54) is 11.3 Å². The van der Waals surface area contributed by atoms with Gasteiger partial charge in [0.25, 0.3) is 0 Å². The zero-order valence-corrected chi connectivity index (χ0v) is 20.2. The van der Waals surface area contributed by atoms with Crippen LogP contribution in [0.15, 0.2) is 23.5 Å². The first-order valence-electron chi connectivity index (χ1n) is 11.5. The number of halogens is 3. The van der Waals surface area contributed by atoms with Gasteiger partial charge in [0, 0.05) is 35.9 Å². The molecule has 0 radical (unpaired) electrons. The number of carbonyl (C=O) groups is 1. The molecule has 3 aliphatic heterocycles. The number of hydrogen-bond donors (Lipinski definition) is 1. The van der Waals surface area contributed by atoms with Crippen molar-refractivity contribution in [2.45, 2.75) is 52.6 Å². The standard InChI is InChI=1S/C23H27F3N6OS/c1-13-15(3)34-21(27-13)29-22(33)32-17-7-5-11-31(14(17)2)18-8-9-19(28-20(18)32)30-10-4-6-16(12-30)23(24,25)26/h8-9,16H,4-7,10-12H2,1-3H3,(H,27,29,33). The Hall–Kier alpha value is -2.82. The number of fused-ring (bicyclic) bond motifs is 3. The molecule has 1 N–H and O–H groups in total.